The van der Waals surface area contributed by atoms with Crippen molar-refractivity contribution in [1.82, 2.24) is 0 Å². The minimum Gasteiger partial charge on any atom is -0.311 e. The van der Waals surface area contributed by atoms with E-state index < -0.39 is 10.8 Å². The fourth-order valence-electron chi connectivity index (χ4n) is 19.0. The monoisotopic (exact) mass is 1490 g/mol. The van der Waals surface area contributed by atoms with Gasteiger partial charge in [0, 0.05) is 34.1 Å². The molecule has 2 nitrogen and oxygen atoms in total. The molecule has 20 rings (SSSR count). The Morgan fingerprint density at radius 2 is 0.440 bits per heavy atom. The Morgan fingerprint density at radius 3 is 0.724 bits per heavy atom. The van der Waals surface area contributed by atoms with Gasteiger partial charge in [-0.25, -0.2) is 0 Å². The molecule has 556 valence electrons. The molecular formula is C114H90N2. The molecule has 2 heteroatoms. The quantitative estimate of drug-likeness (QED) is 0.0750. The van der Waals surface area contributed by atoms with Gasteiger partial charge in [0.2, 0.25) is 0 Å². The Labute approximate surface area is 683 Å². The standard InChI is InChI=1S/C114H90N2/c1-5-77(3)79-38-56-99(57-39-79)115(101-60-42-83(43-61-101)81-22-12-7-13-23-81)102-62-44-86(45-63-102)92-51-69-105-106-70-52-93(75-110(106)113(109(105)74-92,95-26-16-9-17-27-95)96-28-18-10-19-29-96)87-46-64-103(65-47-87)116(100-58-40-80(41-59-100)78(4)6-2)104-66-48-88(49-67-104)94-53-71-108-107-68-50-91(82-24-14-8-15-25-82)73-111(107)114(112(108)76-94,97-30-20-11-21-31-97)98-54-36-85(37-55-98)90-35-33-84-32-34-89(84)72-90/h7-31,33,35-78H,5-6,32,34H2,1-4H3. The Balaban J connectivity index is 0.651. The first-order valence-corrected chi connectivity index (χ1v) is 41.5. The number of benzene rings is 17. The summed E-state index contributed by atoms with van der Waals surface area (Å²) in [5.74, 6) is 0.937. The van der Waals surface area contributed by atoms with Crippen molar-refractivity contribution in [3.05, 3.63) is 479 Å². The lowest BCUT2D eigenvalue weighted by Crippen LogP contribution is -2.28. The lowest BCUT2D eigenvalue weighted by atomic mass is 9.67. The zero-order chi connectivity index (χ0) is 77.9. The van der Waals surface area contributed by atoms with Crippen molar-refractivity contribution >= 4 is 34.1 Å². The summed E-state index contributed by atoms with van der Waals surface area (Å²) in [4.78, 5) is 4.82. The van der Waals surface area contributed by atoms with Crippen LogP contribution in [-0.4, -0.2) is 0 Å². The molecule has 3 atom stereocenters. The molecule has 0 spiro atoms. The third kappa shape index (κ3) is 12.4. The average molecular weight is 1490 g/mol. The largest absolute Gasteiger partial charge is 0.311 e. The Hall–Kier alpha value is -13.7. The summed E-state index contributed by atoms with van der Waals surface area (Å²) in [6, 6.07) is 156. The highest BCUT2D eigenvalue weighted by Gasteiger charge is 2.48. The second kappa shape index (κ2) is 30.0. The number of fused-ring (bicyclic) bond motifs is 7. The molecular weight excluding hydrogens is 1400 g/mol. The van der Waals surface area contributed by atoms with Crippen LogP contribution >= 0.6 is 0 Å². The van der Waals surface area contributed by atoms with E-state index in [0.29, 0.717) is 11.8 Å². The summed E-state index contributed by atoms with van der Waals surface area (Å²) in [5, 5.41) is 0. The fraction of sp³-hybridized carbons (Fsp3) is 0.105. The molecule has 3 aliphatic carbocycles. The number of anilines is 6. The molecule has 0 fully saturated rings. The van der Waals surface area contributed by atoms with Gasteiger partial charge in [0.05, 0.1) is 10.8 Å². The van der Waals surface area contributed by atoms with E-state index in [4.69, 9.17) is 0 Å². The van der Waals surface area contributed by atoms with Gasteiger partial charge >= 0.3 is 0 Å². The van der Waals surface area contributed by atoms with E-state index in [0.717, 1.165) is 70.1 Å². The van der Waals surface area contributed by atoms with Crippen LogP contribution in [0.25, 0.3) is 89.0 Å². The summed E-state index contributed by atoms with van der Waals surface area (Å²) >= 11 is 0. The zero-order valence-electron chi connectivity index (χ0n) is 66.1. The maximum Gasteiger partial charge on any atom is 0.0714 e. The summed E-state index contributed by atoms with van der Waals surface area (Å²) in [5.41, 5.74) is 40.5. The van der Waals surface area contributed by atoms with Crippen molar-refractivity contribution < 1.29 is 0 Å². The summed E-state index contributed by atoms with van der Waals surface area (Å²) in [6.45, 7) is 9.18. The predicted octanol–water partition coefficient (Wildman–Crippen LogP) is 30.5. The molecule has 0 bridgehead atoms. The second-order valence-corrected chi connectivity index (χ2v) is 32.1. The normalized spacial score (nSPS) is 14.4. The first-order valence-electron chi connectivity index (χ1n) is 41.5. The van der Waals surface area contributed by atoms with Gasteiger partial charge in [-0.05, 0) is 290 Å². The van der Waals surface area contributed by atoms with Crippen LogP contribution in [-0.2, 0) is 23.7 Å². The molecule has 3 unspecified atom stereocenters. The van der Waals surface area contributed by atoms with Gasteiger partial charge in [-0.1, -0.05) is 343 Å². The molecule has 3 aliphatic rings. The molecule has 0 amide bonds. The van der Waals surface area contributed by atoms with Crippen LogP contribution in [0.5, 0.6) is 0 Å². The Morgan fingerprint density at radius 1 is 0.216 bits per heavy atom. The van der Waals surface area contributed by atoms with Crippen LogP contribution in [0.15, 0.2) is 413 Å². The van der Waals surface area contributed by atoms with Crippen molar-refractivity contribution in [2.45, 2.75) is 76.0 Å². The summed E-state index contributed by atoms with van der Waals surface area (Å²) in [6.07, 6.45) is 4.51. The van der Waals surface area contributed by atoms with Crippen LogP contribution < -0.4 is 9.80 Å². The topological polar surface area (TPSA) is 6.48 Å². The van der Waals surface area contributed by atoms with Crippen molar-refractivity contribution in [3.63, 3.8) is 0 Å². The van der Waals surface area contributed by atoms with Gasteiger partial charge in [-0.15, -0.1) is 0 Å². The molecule has 0 heterocycles. The van der Waals surface area contributed by atoms with Crippen LogP contribution in [0.1, 0.15) is 119 Å². The van der Waals surface area contributed by atoms with Crippen LogP contribution in [0, 0.1) is 0 Å². The molecule has 0 saturated heterocycles. The zero-order valence-corrected chi connectivity index (χ0v) is 66.1. The molecule has 116 heavy (non-hydrogen) atoms. The minimum absolute atomic E-state index is 0.450. The lowest BCUT2D eigenvalue weighted by molar-refractivity contribution is 0.733. The van der Waals surface area contributed by atoms with Gasteiger partial charge in [-0.2, -0.15) is 0 Å². The number of rotatable bonds is 20. The smallest absolute Gasteiger partial charge is 0.0714 e. The molecule has 0 radical (unpaired) electrons. The van der Waals surface area contributed by atoms with Crippen molar-refractivity contribution in [3.8, 4) is 89.0 Å². The lowest BCUT2D eigenvalue weighted by Gasteiger charge is -2.34. The van der Waals surface area contributed by atoms with E-state index in [1.807, 2.05) is 0 Å². The van der Waals surface area contributed by atoms with Crippen LogP contribution in [0.4, 0.5) is 34.1 Å². The van der Waals surface area contributed by atoms with E-state index >= 15 is 0 Å². The number of aryl methyl sites for hydroxylation is 2. The fourth-order valence-corrected chi connectivity index (χ4v) is 19.0. The third-order valence-corrected chi connectivity index (χ3v) is 25.8. The van der Waals surface area contributed by atoms with Gasteiger partial charge < -0.3 is 9.80 Å². The van der Waals surface area contributed by atoms with Gasteiger partial charge in [0.1, 0.15) is 0 Å². The molecule has 0 saturated carbocycles. The van der Waals surface area contributed by atoms with E-state index in [2.05, 4.69) is 450 Å². The number of hydrogen-bond donors (Lipinski definition) is 0. The first kappa shape index (κ1) is 71.4. The summed E-state index contributed by atoms with van der Waals surface area (Å²) < 4.78 is 0. The van der Waals surface area contributed by atoms with Crippen molar-refractivity contribution in [2.24, 2.45) is 0 Å². The molecule has 17 aromatic carbocycles. The van der Waals surface area contributed by atoms with E-state index in [1.165, 1.54) is 146 Å². The Bertz CT molecular complexity index is 6380. The second-order valence-electron chi connectivity index (χ2n) is 32.1. The van der Waals surface area contributed by atoms with Gasteiger partial charge in [0.25, 0.3) is 0 Å². The maximum atomic E-state index is 2.50. The van der Waals surface area contributed by atoms with Crippen molar-refractivity contribution in [2.75, 3.05) is 9.80 Å². The highest BCUT2D eigenvalue weighted by Crippen LogP contribution is 2.60. The summed E-state index contributed by atoms with van der Waals surface area (Å²) in [7, 11) is 0. The average Bonchev–Trinajstić information content (AvgIpc) is 1.53. The number of hydrogen-bond acceptors (Lipinski definition) is 2. The molecule has 0 aliphatic heterocycles. The SMILES string of the molecule is CCC(C)c1ccc(N(c2ccc(-c3ccccc3)cc2)c2ccc(-c3ccc4c(c3)C(c3ccccc3)(c3ccccc3)c3cc(-c5ccc(N(c6ccc(-c7ccc8c(c7)C(c7ccccc7)(c7ccc(-c9ccc%10c(c9)CC%10)cc7)c7cc(-c9ccccc9)ccc7-8)cc6)c6ccc(C(C)CC)cc6)cc5)ccc3-4)cc2)cc1. The minimum atomic E-state index is -0.633. The highest BCUT2D eigenvalue weighted by molar-refractivity contribution is 5.94. The third-order valence-electron chi connectivity index (χ3n) is 25.8. The molecule has 0 aromatic heterocycles. The highest BCUT2D eigenvalue weighted by atomic mass is 15.1. The predicted molar refractivity (Wildman–Crippen MR) is 488 cm³/mol. The van der Waals surface area contributed by atoms with Crippen LogP contribution in [0.3, 0.4) is 0 Å². The van der Waals surface area contributed by atoms with Gasteiger partial charge in [0.15, 0.2) is 0 Å². The van der Waals surface area contributed by atoms with E-state index in [-0.39, 0.29) is 0 Å². The van der Waals surface area contributed by atoms with E-state index in [1.54, 1.807) is 0 Å². The Kier molecular flexibility index (Phi) is 18.5. The molecule has 0 N–H and O–H groups in total. The van der Waals surface area contributed by atoms with Crippen LogP contribution in [0.2, 0.25) is 0 Å². The van der Waals surface area contributed by atoms with Gasteiger partial charge in [-0.3, -0.25) is 0 Å². The number of nitrogens with zero attached hydrogens (tertiary/aromatic N) is 2. The first-order chi connectivity index (χ1) is 57.2. The molecule has 17 aromatic rings. The maximum absolute atomic E-state index is 2.50. The van der Waals surface area contributed by atoms with Crippen molar-refractivity contribution in [1.29, 1.82) is 0 Å². The van der Waals surface area contributed by atoms with E-state index in [9.17, 15) is 0 Å².